The van der Waals surface area contributed by atoms with Crippen molar-refractivity contribution in [3.05, 3.63) is 84.4 Å². The molecule has 6 nitrogen and oxygen atoms in total. The maximum atomic E-state index is 14.1. The lowest BCUT2D eigenvalue weighted by Gasteiger charge is -2.22. The van der Waals surface area contributed by atoms with Crippen molar-refractivity contribution in [3.63, 3.8) is 0 Å². The smallest absolute Gasteiger partial charge is 0.245 e. The molecule has 0 fully saturated rings. The Hall–Kier alpha value is -3.46. The zero-order valence-corrected chi connectivity index (χ0v) is 16.7. The van der Waals surface area contributed by atoms with Gasteiger partial charge in [-0.3, -0.25) is 9.10 Å². The first kappa shape index (κ1) is 21.3. The number of hydrogen-bond acceptors (Lipinski definition) is 4. The monoisotopic (exact) mass is 432 g/mol. The van der Waals surface area contributed by atoms with Crippen molar-refractivity contribution in [2.75, 3.05) is 22.4 Å². The van der Waals surface area contributed by atoms with Crippen LogP contribution in [0, 0.1) is 11.6 Å². The fourth-order valence-corrected chi connectivity index (χ4v) is 3.52. The Morgan fingerprint density at radius 1 is 1.00 bits per heavy atom. The first-order valence-corrected chi connectivity index (χ1v) is 10.6. The minimum Gasteiger partial charge on any atom is -0.455 e. The highest BCUT2D eigenvalue weighted by atomic mass is 32.2. The molecule has 0 saturated carbocycles. The van der Waals surface area contributed by atoms with Gasteiger partial charge in [0.1, 0.15) is 23.9 Å². The summed E-state index contributed by atoms with van der Waals surface area (Å²) < 4.78 is 57.9. The number of rotatable bonds is 7. The van der Waals surface area contributed by atoms with Gasteiger partial charge in [-0.2, -0.15) is 0 Å². The van der Waals surface area contributed by atoms with Gasteiger partial charge in [-0.05, 0) is 36.4 Å². The second-order valence-corrected chi connectivity index (χ2v) is 8.23. The van der Waals surface area contributed by atoms with E-state index in [0.29, 0.717) is 27.6 Å². The lowest BCUT2D eigenvalue weighted by atomic mass is 10.2. The number of nitrogens with zero attached hydrogens (tertiary/aromatic N) is 1. The van der Waals surface area contributed by atoms with Crippen molar-refractivity contribution < 1.29 is 26.7 Å². The van der Waals surface area contributed by atoms with Gasteiger partial charge in [0.05, 0.1) is 17.6 Å². The molecule has 3 aromatic carbocycles. The van der Waals surface area contributed by atoms with Crippen LogP contribution in [0.4, 0.5) is 20.2 Å². The molecule has 0 aliphatic rings. The van der Waals surface area contributed by atoms with Crippen LogP contribution in [0.25, 0.3) is 0 Å². The van der Waals surface area contributed by atoms with Crippen molar-refractivity contribution in [2.24, 2.45) is 0 Å². The molecule has 0 heterocycles. The predicted molar refractivity (Wildman–Crippen MR) is 110 cm³/mol. The molecule has 9 heteroatoms. The predicted octanol–water partition coefficient (Wildman–Crippen LogP) is 4.16. The standard InChI is InChI=1S/C21H18F2N2O4S/c1-30(27,28)25(19-12-11-15(22)13-17(19)23)14-21(26)24-18-9-5-6-10-20(18)29-16-7-3-2-4-8-16/h2-13H,14H2,1H3,(H,24,26). The second kappa shape index (κ2) is 8.91. The van der Waals surface area contributed by atoms with Crippen LogP contribution in [0.3, 0.4) is 0 Å². The van der Waals surface area contributed by atoms with E-state index in [2.05, 4.69) is 5.32 Å². The number of ether oxygens (including phenoxy) is 1. The fraction of sp³-hybridized carbons (Fsp3) is 0.0952. The summed E-state index contributed by atoms with van der Waals surface area (Å²) in [6.07, 6.45) is 0.829. The van der Waals surface area contributed by atoms with Gasteiger partial charge >= 0.3 is 0 Å². The van der Waals surface area contributed by atoms with Crippen molar-refractivity contribution in [2.45, 2.75) is 0 Å². The summed E-state index contributed by atoms with van der Waals surface area (Å²) in [5, 5.41) is 2.57. The normalized spacial score (nSPS) is 11.0. The van der Waals surface area contributed by atoms with Crippen molar-refractivity contribution in [3.8, 4) is 11.5 Å². The fourth-order valence-electron chi connectivity index (χ4n) is 2.66. The summed E-state index contributed by atoms with van der Waals surface area (Å²) in [7, 11) is -4.02. The highest BCUT2D eigenvalue weighted by molar-refractivity contribution is 7.92. The molecule has 1 amide bonds. The van der Waals surface area contributed by atoms with E-state index >= 15 is 0 Å². The first-order chi connectivity index (χ1) is 14.2. The summed E-state index contributed by atoms with van der Waals surface area (Å²) in [6, 6.07) is 17.9. The molecule has 0 aromatic heterocycles. The van der Waals surface area contributed by atoms with Crippen LogP contribution >= 0.6 is 0 Å². The summed E-state index contributed by atoms with van der Waals surface area (Å²) >= 11 is 0. The molecule has 0 unspecified atom stereocenters. The highest BCUT2D eigenvalue weighted by Crippen LogP contribution is 2.29. The molecule has 30 heavy (non-hydrogen) atoms. The number of anilines is 2. The van der Waals surface area contributed by atoms with Crippen molar-refractivity contribution in [1.82, 2.24) is 0 Å². The van der Waals surface area contributed by atoms with Crippen LogP contribution in [-0.4, -0.2) is 27.1 Å². The third-order valence-electron chi connectivity index (χ3n) is 4.00. The van der Waals surface area contributed by atoms with Crippen LogP contribution in [0.1, 0.15) is 0 Å². The zero-order chi connectivity index (χ0) is 21.7. The van der Waals surface area contributed by atoms with Gasteiger partial charge < -0.3 is 10.1 Å². The van der Waals surface area contributed by atoms with E-state index in [1.807, 2.05) is 6.07 Å². The van der Waals surface area contributed by atoms with Gasteiger partial charge in [-0.1, -0.05) is 30.3 Å². The third-order valence-corrected chi connectivity index (χ3v) is 5.12. The van der Waals surface area contributed by atoms with Gasteiger partial charge in [0, 0.05) is 6.07 Å². The molecule has 156 valence electrons. The second-order valence-electron chi connectivity index (χ2n) is 6.32. The van der Waals surface area contributed by atoms with E-state index in [9.17, 15) is 22.0 Å². The Kier molecular flexibility index (Phi) is 6.31. The maximum Gasteiger partial charge on any atom is 0.245 e. The molecule has 0 atom stereocenters. The van der Waals surface area contributed by atoms with E-state index in [1.165, 1.54) is 0 Å². The zero-order valence-electron chi connectivity index (χ0n) is 15.9. The number of hydrogen-bond donors (Lipinski definition) is 1. The van der Waals surface area contributed by atoms with Gasteiger partial charge in [0.15, 0.2) is 5.75 Å². The Labute approximate surface area is 172 Å². The molecule has 0 aliphatic carbocycles. The number of nitrogens with one attached hydrogen (secondary N) is 1. The van der Waals surface area contributed by atoms with Crippen LogP contribution < -0.4 is 14.4 Å². The van der Waals surface area contributed by atoms with Crippen molar-refractivity contribution >= 4 is 27.3 Å². The van der Waals surface area contributed by atoms with Gasteiger partial charge in [0.25, 0.3) is 0 Å². The molecule has 0 aliphatic heterocycles. The number of carbonyl (C=O) groups is 1. The van der Waals surface area contributed by atoms with E-state index < -0.39 is 39.8 Å². The molecular formula is C21H18F2N2O4S. The lowest BCUT2D eigenvalue weighted by Crippen LogP contribution is -2.38. The van der Waals surface area contributed by atoms with Crippen LogP contribution in [0.15, 0.2) is 72.8 Å². The van der Waals surface area contributed by atoms with Crippen LogP contribution in [-0.2, 0) is 14.8 Å². The Balaban J connectivity index is 1.81. The molecular weight excluding hydrogens is 414 g/mol. The number of carbonyl (C=O) groups excluding carboxylic acids is 1. The molecule has 3 aromatic rings. The summed E-state index contributed by atoms with van der Waals surface area (Å²) in [4.78, 5) is 12.6. The van der Waals surface area contributed by atoms with Crippen LogP contribution in [0.2, 0.25) is 0 Å². The molecule has 0 spiro atoms. The Bertz CT molecular complexity index is 1150. The average Bonchev–Trinajstić information content (AvgIpc) is 2.68. The average molecular weight is 432 g/mol. The summed E-state index contributed by atoms with van der Waals surface area (Å²) in [5.41, 5.74) is -0.123. The number of amides is 1. The van der Waals surface area contributed by atoms with Gasteiger partial charge in [-0.25, -0.2) is 17.2 Å². The molecule has 0 radical (unpaired) electrons. The molecule has 1 N–H and O–H groups in total. The van der Waals surface area contributed by atoms with E-state index in [0.717, 1.165) is 18.4 Å². The maximum absolute atomic E-state index is 14.1. The van der Waals surface area contributed by atoms with E-state index in [1.54, 1.807) is 48.5 Å². The van der Waals surface area contributed by atoms with Gasteiger partial charge in [-0.15, -0.1) is 0 Å². The molecule has 0 saturated heterocycles. The SMILES string of the molecule is CS(=O)(=O)N(CC(=O)Nc1ccccc1Oc1ccccc1)c1ccc(F)cc1F. The quantitative estimate of drug-likeness (QED) is 0.608. The van der Waals surface area contributed by atoms with E-state index in [4.69, 9.17) is 4.74 Å². The Morgan fingerprint density at radius 3 is 2.33 bits per heavy atom. The number of para-hydroxylation sites is 3. The van der Waals surface area contributed by atoms with Gasteiger partial charge in [0.2, 0.25) is 15.9 Å². The molecule has 3 rings (SSSR count). The number of sulfonamides is 1. The first-order valence-electron chi connectivity index (χ1n) is 8.78. The number of benzene rings is 3. The Morgan fingerprint density at radius 2 is 1.67 bits per heavy atom. The summed E-state index contributed by atoms with van der Waals surface area (Å²) in [6.45, 7) is -0.707. The third kappa shape index (κ3) is 5.32. The van der Waals surface area contributed by atoms with E-state index in [-0.39, 0.29) is 0 Å². The minimum absolute atomic E-state index is 0.305. The van der Waals surface area contributed by atoms with Crippen molar-refractivity contribution in [1.29, 1.82) is 0 Å². The largest absolute Gasteiger partial charge is 0.455 e. The number of halogens is 2. The topological polar surface area (TPSA) is 75.7 Å². The summed E-state index contributed by atoms with van der Waals surface area (Å²) in [5.74, 6) is -1.79. The molecule has 0 bridgehead atoms. The minimum atomic E-state index is -4.02. The van der Waals surface area contributed by atoms with Crippen LogP contribution in [0.5, 0.6) is 11.5 Å². The lowest BCUT2D eigenvalue weighted by molar-refractivity contribution is -0.114. The highest BCUT2D eigenvalue weighted by Gasteiger charge is 2.24.